The molecule has 0 atom stereocenters. The SMILES string of the molecule is O=C(NCc1ccc2c(c1)OCCO2)c1cccc(S(=O)(=O)NCc2cccs2)c1. The molecule has 30 heavy (non-hydrogen) atoms. The first-order valence-corrected chi connectivity index (χ1v) is 11.7. The van der Waals surface area contributed by atoms with E-state index in [1.54, 1.807) is 12.1 Å². The van der Waals surface area contributed by atoms with Crippen LogP contribution in [0.15, 0.2) is 64.9 Å². The molecule has 0 bridgehead atoms. The molecule has 3 aromatic rings. The topological polar surface area (TPSA) is 93.7 Å². The van der Waals surface area contributed by atoms with Gasteiger partial charge in [-0.2, -0.15) is 0 Å². The van der Waals surface area contributed by atoms with Gasteiger partial charge in [-0.05, 0) is 47.3 Å². The fraction of sp³-hybridized carbons (Fsp3) is 0.190. The number of amides is 1. The Balaban J connectivity index is 1.41. The van der Waals surface area contributed by atoms with Crippen LogP contribution in [0.25, 0.3) is 0 Å². The van der Waals surface area contributed by atoms with Crippen LogP contribution >= 0.6 is 11.3 Å². The maximum atomic E-state index is 12.6. The van der Waals surface area contributed by atoms with Crippen molar-refractivity contribution in [2.75, 3.05) is 13.2 Å². The Kier molecular flexibility index (Phi) is 6.03. The normalized spacial score (nSPS) is 13.1. The lowest BCUT2D eigenvalue weighted by atomic mass is 10.1. The van der Waals surface area contributed by atoms with Gasteiger partial charge >= 0.3 is 0 Å². The molecular weight excluding hydrogens is 424 g/mol. The molecule has 0 fully saturated rings. The summed E-state index contributed by atoms with van der Waals surface area (Å²) >= 11 is 1.47. The minimum absolute atomic E-state index is 0.0473. The van der Waals surface area contributed by atoms with Crippen LogP contribution in [0.5, 0.6) is 11.5 Å². The van der Waals surface area contributed by atoms with Crippen LogP contribution in [-0.4, -0.2) is 27.5 Å². The first-order valence-electron chi connectivity index (χ1n) is 9.30. The third-order valence-corrected chi connectivity index (χ3v) is 6.76. The number of hydrogen-bond acceptors (Lipinski definition) is 6. The van der Waals surface area contributed by atoms with Crippen molar-refractivity contribution in [3.63, 3.8) is 0 Å². The summed E-state index contributed by atoms with van der Waals surface area (Å²) in [5.41, 5.74) is 1.13. The van der Waals surface area contributed by atoms with Crippen molar-refractivity contribution in [3.8, 4) is 11.5 Å². The zero-order valence-corrected chi connectivity index (χ0v) is 17.6. The van der Waals surface area contributed by atoms with Crippen molar-refractivity contribution >= 4 is 27.3 Å². The van der Waals surface area contributed by atoms with Gasteiger partial charge in [0.15, 0.2) is 11.5 Å². The Labute approximate surface area is 178 Å². The molecular formula is C21H20N2O5S2. The van der Waals surface area contributed by atoms with Gasteiger partial charge in [0.1, 0.15) is 13.2 Å². The molecule has 1 aromatic heterocycles. The zero-order valence-electron chi connectivity index (χ0n) is 16.0. The molecule has 0 saturated carbocycles. The number of thiophene rings is 1. The molecule has 156 valence electrons. The summed E-state index contributed by atoms with van der Waals surface area (Å²) in [4.78, 5) is 13.5. The summed E-state index contributed by atoms with van der Waals surface area (Å²) < 4.78 is 38.7. The summed E-state index contributed by atoms with van der Waals surface area (Å²) in [6, 6.07) is 15.2. The number of sulfonamides is 1. The summed E-state index contributed by atoms with van der Waals surface area (Å²) in [5, 5.41) is 4.69. The minimum Gasteiger partial charge on any atom is -0.486 e. The van der Waals surface area contributed by atoms with Gasteiger partial charge < -0.3 is 14.8 Å². The Morgan fingerprint density at radius 3 is 2.60 bits per heavy atom. The molecule has 9 heteroatoms. The van der Waals surface area contributed by atoms with Crippen molar-refractivity contribution < 1.29 is 22.7 Å². The van der Waals surface area contributed by atoms with E-state index in [4.69, 9.17) is 9.47 Å². The number of fused-ring (bicyclic) bond motifs is 1. The van der Waals surface area contributed by atoms with Crippen molar-refractivity contribution in [3.05, 3.63) is 76.0 Å². The molecule has 1 amide bonds. The Bertz CT molecular complexity index is 1140. The average molecular weight is 445 g/mol. The number of hydrogen-bond donors (Lipinski definition) is 2. The third-order valence-electron chi connectivity index (χ3n) is 4.48. The van der Waals surface area contributed by atoms with Crippen LogP contribution < -0.4 is 19.5 Å². The van der Waals surface area contributed by atoms with Gasteiger partial charge in [0.05, 0.1) is 4.90 Å². The quantitative estimate of drug-likeness (QED) is 0.584. The summed E-state index contributed by atoms with van der Waals surface area (Å²) in [6.45, 7) is 1.50. The predicted molar refractivity (Wildman–Crippen MR) is 113 cm³/mol. The van der Waals surface area contributed by atoms with Gasteiger partial charge in [-0.15, -0.1) is 11.3 Å². The van der Waals surface area contributed by atoms with E-state index in [0.717, 1.165) is 10.4 Å². The second-order valence-electron chi connectivity index (χ2n) is 6.59. The highest BCUT2D eigenvalue weighted by atomic mass is 32.2. The molecule has 0 unspecified atom stereocenters. The summed E-state index contributed by atoms with van der Waals surface area (Å²) in [7, 11) is -3.72. The summed E-state index contributed by atoms with van der Waals surface area (Å²) in [5.74, 6) is 0.974. The van der Waals surface area contributed by atoms with Gasteiger partial charge in [-0.25, -0.2) is 13.1 Å². The fourth-order valence-corrected chi connectivity index (χ4v) is 4.74. The smallest absolute Gasteiger partial charge is 0.251 e. The predicted octanol–water partition coefficient (Wildman–Crippen LogP) is 2.93. The second-order valence-corrected chi connectivity index (χ2v) is 9.39. The Morgan fingerprint density at radius 2 is 1.80 bits per heavy atom. The number of rotatable bonds is 7. The van der Waals surface area contributed by atoms with E-state index in [9.17, 15) is 13.2 Å². The van der Waals surface area contributed by atoms with Crippen LogP contribution in [-0.2, 0) is 23.1 Å². The maximum Gasteiger partial charge on any atom is 0.251 e. The number of carbonyl (C=O) groups excluding carboxylic acids is 1. The molecule has 2 heterocycles. The molecule has 2 N–H and O–H groups in total. The molecule has 4 rings (SSSR count). The highest BCUT2D eigenvalue weighted by molar-refractivity contribution is 7.89. The number of ether oxygens (including phenoxy) is 2. The van der Waals surface area contributed by atoms with Crippen LogP contribution in [0.2, 0.25) is 0 Å². The number of benzene rings is 2. The van der Waals surface area contributed by atoms with E-state index in [2.05, 4.69) is 10.0 Å². The van der Waals surface area contributed by atoms with Crippen LogP contribution in [0, 0.1) is 0 Å². The van der Waals surface area contributed by atoms with Gasteiger partial charge in [0.2, 0.25) is 10.0 Å². The molecule has 7 nitrogen and oxygen atoms in total. The number of carbonyl (C=O) groups is 1. The van der Waals surface area contributed by atoms with E-state index < -0.39 is 10.0 Å². The van der Waals surface area contributed by atoms with Gasteiger partial charge in [-0.1, -0.05) is 18.2 Å². The highest BCUT2D eigenvalue weighted by Gasteiger charge is 2.17. The van der Waals surface area contributed by atoms with E-state index in [-0.39, 0.29) is 29.5 Å². The minimum atomic E-state index is -3.72. The highest BCUT2D eigenvalue weighted by Crippen LogP contribution is 2.30. The molecule has 1 aliphatic rings. The monoisotopic (exact) mass is 444 g/mol. The molecule has 2 aromatic carbocycles. The van der Waals surface area contributed by atoms with Crippen molar-refractivity contribution in [2.45, 2.75) is 18.0 Å². The second kappa shape index (κ2) is 8.86. The van der Waals surface area contributed by atoms with Gasteiger partial charge in [-0.3, -0.25) is 4.79 Å². The Hall–Kier alpha value is -2.88. The standard InChI is InChI=1S/C21H20N2O5S2/c24-21(22-13-15-6-7-19-20(11-15)28-9-8-27-19)16-3-1-5-18(12-16)30(25,26)23-14-17-4-2-10-29-17/h1-7,10-12,23H,8-9,13-14H2,(H,22,24). The lowest BCUT2D eigenvalue weighted by Crippen LogP contribution is -2.25. The maximum absolute atomic E-state index is 12.6. The lowest BCUT2D eigenvalue weighted by Gasteiger charge is -2.19. The van der Waals surface area contributed by atoms with Gasteiger partial charge in [0, 0.05) is 23.5 Å². The third kappa shape index (κ3) is 4.81. The van der Waals surface area contributed by atoms with E-state index in [0.29, 0.717) is 24.7 Å². The van der Waals surface area contributed by atoms with E-state index >= 15 is 0 Å². The van der Waals surface area contributed by atoms with Crippen LogP contribution in [0.4, 0.5) is 0 Å². The first-order chi connectivity index (χ1) is 14.5. The number of nitrogens with one attached hydrogen (secondary N) is 2. The fourth-order valence-electron chi connectivity index (χ4n) is 2.95. The largest absolute Gasteiger partial charge is 0.486 e. The molecule has 0 spiro atoms. The zero-order chi connectivity index (χ0) is 21.0. The molecule has 0 radical (unpaired) electrons. The van der Waals surface area contributed by atoms with E-state index in [1.165, 1.54) is 23.5 Å². The van der Waals surface area contributed by atoms with Crippen molar-refractivity contribution in [1.29, 1.82) is 0 Å². The molecule has 1 aliphatic heterocycles. The van der Waals surface area contributed by atoms with Gasteiger partial charge in [0.25, 0.3) is 5.91 Å². The Morgan fingerprint density at radius 1 is 0.967 bits per heavy atom. The first kappa shape index (κ1) is 20.4. The molecule has 0 saturated heterocycles. The van der Waals surface area contributed by atoms with Crippen LogP contribution in [0.1, 0.15) is 20.8 Å². The lowest BCUT2D eigenvalue weighted by molar-refractivity contribution is 0.0950. The van der Waals surface area contributed by atoms with Crippen molar-refractivity contribution in [2.24, 2.45) is 0 Å². The van der Waals surface area contributed by atoms with Crippen molar-refractivity contribution in [1.82, 2.24) is 10.0 Å². The van der Waals surface area contributed by atoms with E-state index in [1.807, 2.05) is 35.7 Å². The summed E-state index contributed by atoms with van der Waals surface area (Å²) in [6.07, 6.45) is 0. The van der Waals surface area contributed by atoms with Crippen LogP contribution in [0.3, 0.4) is 0 Å². The average Bonchev–Trinajstić information content (AvgIpc) is 3.30. The molecule has 0 aliphatic carbocycles.